The number of hydrogen-bond donors (Lipinski definition) is 3. The zero-order valence-electron chi connectivity index (χ0n) is 17.8. The van der Waals surface area contributed by atoms with Crippen molar-refractivity contribution < 1.29 is 10.2 Å². The van der Waals surface area contributed by atoms with E-state index in [1.165, 1.54) is 0 Å². The molecule has 1 aliphatic rings. The first-order valence-corrected chi connectivity index (χ1v) is 10.5. The van der Waals surface area contributed by atoms with Crippen LogP contribution in [0.1, 0.15) is 19.2 Å². The van der Waals surface area contributed by atoms with E-state index in [4.69, 9.17) is 5.73 Å². The molecule has 1 saturated heterocycles. The molecule has 0 radical (unpaired) electrons. The predicted octanol–water partition coefficient (Wildman–Crippen LogP) is 1.67. The lowest BCUT2D eigenvalue weighted by molar-refractivity contribution is 0.253. The number of aliphatic hydroxyl groups is 1. The number of aliphatic hydroxyl groups excluding tert-OH is 1. The number of phenols is 1. The average molecular weight is 432 g/mol. The molecule has 0 bridgehead atoms. The Labute approximate surface area is 186 Å². The van der Waals surface area contributed by atoms with Gasteiger partial charge >= 0.3 is 0 Å². The number of benzene rings is 1. The second-order valence-corrected chi connectivity index (χ2v) is 7.53. The molecule has 2 aromatic heterocycles. The lowest BCUT2D eigenvalue weighted by Crippen LogP contribution is -2.31. The molecular formula is C23H25N7O2. The first-order valence-electron chi connectivity index (χ1n) is 10.5. The van der Waals surface area contributed by atoms with Crippen molar-refractivity contribution in [3.63, 3.8) is 0 Å². The minimum atomic E-state index is -0.726. The molecule has 0 saturated carbocycles. The molecule has 1 fully saturated rings. The van der Waals surface area contributed by atoms with E-state index in [-0.39, 0.29) is 5.75 Å². The van der Waals surface area contributed by atoms with Crippen LogP contribution < -0.4 is 15.5 Å². The fourth-order valence-electron chi connectivity index (χ4n) is 3.61. The highest BCUT2D eigenvalue weighted by Gasteiger charge is 2.20. The molecule has 1 unspecified atom stereocenters. The summed E-state index contributed by atoms with van der Waals surface area (Å²) in [5, 5.41) is 27.8. The standard InChI is InChI=1S/C23H25N7O2/c1-16(31)7-8-21-25-10-9-22(26-21)30-12-4-11-29(13-14-30)19-15-18(27-28-23(19)24)17-5-2-3-6-20(17)32/h2-3,5-6,9-10,15-16,31-32H,4,11-14H2,1H3,(H2,24,28). The first-order chi connectivity index (χ1) is 15.5. The van der Waals surface area contributed by atoms with Crippen molar-refractivity contribution >= 4 is 17.3 Å². The summed E-state index contributed by atoms with van der Waals surface area (Å²) in [6.45, 7) is 4.67. The van der Waals surface area contributed by atoms with E-state index in [2.05, 4.69) is 41.8 Å². The van der Waals surface area contributed by atoms with Crippen molar-refractivity contribution in [2.75, 3.05) is 41.7 Å². The molecule has 9 heteroatoms. The van der Waals surface area contributed by atoms with Gasteiger partial charge in [-0.25, -0.2) is 9.97 Å². The monoisotopic (exact) mass is 431 g/mol. The van der Waals surface area contributed by atoms with Gasteiger partial charge in [0, 0.05) is 37.9 Å². The molecule has 1 atom stereocenters. The lowest BCUT2D eigenvalue weighted by Gasteiger charge is -2.25. The van der Waals surface area contributed by atoms with E-state index in [1.807, 2.05) is 18.2 Å². The Morgan fingerprint density at radius 2 is 1.84 bits per heavy atom. The highest BCUT2D eigenvalue weighted by Crippen LogP contribution is 2.31. The van der Waals surface area contributed by atoms with Gasteiger partial charge in [0.05, 0.1) is 11.4 Å². The van der Waals surface area contributed by atoms with Crippen LogP contribution in [-0.2, 0) is 0 Å². The van der Waals surface area contributed by atoms with Crippen LogP contribution in [-0.4, -0.2) is 62.7 Å². The Kier molecular flexibility index (Phi) is 6.33. The van der Waals surface area contributed by atoms with Crippen LogP contribution in [0.25, 0.3) is 11.3 Å². The van der Waals surface area contributed by atoms with Gasteiger partial charge in [-0.05, 0) is 43.5 Å². The zero-order chi connectivity index (χ0) is 22.5. The fraction of sp³-hybridized carbons (Fsp3) is 0.304. The second kappa shape index (κ2) is 9.49. The Bertz CT molecular complexity index is 1160. The minimum absolute atomic E-state index is 0.151. The van der Waals surface area contributed by atoms with Gasteiger partial charge in [-0.2, -0.15) is 0 Å². The van der Waals surface area contributed by atoms with Crippen LogP contribution >= 0.6 is 0 Å². The fourth-order valence-corrected chi connectivity index (χ4v) is 3.61. The molecule has 1 aliphatic heterocycles. The number of aromatic nitrogens is 4. The number of aromatic hydroxyl groups is 1. The van der Waals surface area contributed by atoms with Gasteiger partial charge in [0.1, 0.15) is 17.7 Å². The third-order valence-corrected chi connectivity index (χ3v) is 5.18. The number of rotatable bonds is 3. The lowest BCUT2D eigenvalue weighted by atomic mass is 10.1. The van der Waals surface area contributed by atoms with Crippen LogP contribution in [0.15, 0.2) is 42.6 Å². The van der Waals surface area contributed by atoms with Gasteiger partial charge in [0.15, 0.2) is 5.82 Å². The van der Waals surface area contributed by atoms with E-state index in [0.29, 0.717) is 22.9 Å². The molecule has 32 heavy (non-hydrogen) atoms. The number of anilines is 3. The van der Waals surface area contributed by atoms with Crippen LogP contribution in [0.5, 0.6) is 5.75 Å². The largest absolute Gasteiger partial charge is 0.507 e. The predicted molar refractivity (Wildman–Crippen MR) is 123 cm³/mol. The van der Waals surface area contributed by atoms with E-state index < -0.39 is 6.10 Å². The summed E-state index contributed by atoms with van der Waals surface area (Å²) in [5.41, 5.74) is 8.15. The molecule has 3 heterocycles. The van der Waals surface area contributed by atoms with Crippen molar-refractivity contribution in [1.29, 1.82) is 0 Å². The average Bonchev–Trinajstić information content (AvgIpc) is 3.05. The molecule has 0 spiro atoms. The molecular weight excluding hydrogens is 406 g/mol. The van der Waals surface area contributed by atoms with Gasteiger partial charge in [0.2, 0.25) is 5.82 Å². The highest BCUT2D eigenvalue weighted by molar-refractivity contribution is 5.74. The van der Waals surface area contributed by atoms with Gasteiger partial charge < -0.3 is 25.7 Å². The van der Waals surface area contributed by atoms with Gasteiger partial charge in [-0.3, -0.25) is 0 Å². The van der Waals surface area contributed by atoms with E-state index in [0.717, 1.165) is 44.1 Å². The van der Waals surface area contributed by atoms with Crippen molar-refractivity contribution in [2.24, 2.45) is 0 Å². The van der Waals surface area contributed by atoms with E-state index >= 15 is 0 Å². The van der Waals surface area contributed by atoms with Crippen LogP contribution in [0.3, 0.4) is 0 Å². The molecule has 164 valence electrons. The van der Waals surface area contributed by atoms with E-state index in [9.17, 15) is 10.2 Å². The van der Waals surface area contributed by atoms with Gasteiger partial charge in [-0.1, -0.05) is 18.1 Å². The topological polar surface area (TPSA) is 125 Å². The third kappa shape index (κ3) is 4.87. The molecule has 1 aromatic carbocycles. The summed E-state index contributed by atoms with van der Waals surface area (Å²) >= 11 is 0. The molecule has 4 N–H and O–H groups in total. The minimum Gasteiger partial charge on any atom is -0.507 e. The number of hydrogen-bond acceptors (Lipinski definition) is 9. The number of para-hydroxylation sites is 1. The molecule has 4 rings (SSSR count). The summed E-state index contributed by atoms with van der Waals surface area (Å²) in [4.78, 5) is 13.1. The Hall–Kier alpha value is -3.90. The SMILES string of the molecule is CC(O)C#Cc1nccc(N2CCCN(c3cc(-c4ccccc4O)nnc3N)CC2)n1. The van der Waals surface area contributed by atoms with Crippen molar-refractivity contribution in [3.8, 4) is 28.8 Å². The van der Waals surface area contributed by atoms with Gasteiger partial charge in [-0.15, -0.1) is 10.2 Å². The Morgan fingerprint density at radius 1 is 1.06 bits per heavy atom. The van der Waals surface area contributed by atoms with Crippen molar-refractivity contribution in [1.82, 2.24) is 20.2 Å². The van der Waals surface area contributed by atoms with Crippen LogP contribution in [0, 0.1) is 11.8 Å². The van der Waals surface area contributed by atoms with Crippen molar-refractivity contribution in [3.05, 3.63) is 48.4 Å². The van der Waals surface area contributed by atoms with Crippen LogP contribution in [0.2, 0.25) is 0 Å². The normalized spacial score (nSPS) is 14.9. The summed E-state index contributed by atoms with van der Waals surface area (Å²) in [6, 6.07) is 10.8. The maximum absolute atomic E-state index is 10.2. The number of phenolic OH excluding ortho intramolecular Hbond substituents is 1. The summed E-state index contributed by atoms with van der Waals surface area (Å²) in [7, 11) is 0. The van der Waals surface area contributed by atoms with Gasteiger partial charge in [0.25, 0.3) is 0 Å². The molecule has 0 aliphatic carbocycles. The molecule has 3 aromatic rings. The number of nitrogen functional groups attached to an aromatic ring is 1. The summed E-state index contributed by atoms with van der Waals surface area (Å²) < 4.78 is 0. The smallest absolute Gasteiger partial charge is 0.206 e. The highest BCUT2D eigenvalue weighted by atomic mass is 16.3. The summed E-state index contributed by atoms with van der Waals surface area (Å²) in [5.74, 6) is 7.16. The number of nitrogens with zero attached hydrogens (tertiary/aromatic N) is 6. The molecule has 9 nitrogen and oxygen atoms in total. The Balaban J connectivity index is 1.53. The quantitative estimate of drug-likeness (QED) is 0.531. The van der Waals surface area contributed by atoms with Crippen molar-refractivity contribution in [2.45, 2.75) is 19.4 Å². The molecule has 0 amide bonds. The Morgan fingerprint density at radius 3 is 2.66 bits per heavy atom. The third-order valence-electron chi connectivity index (χ3n) is 5.18. The zero-order valence-corrected chi connectivity index (χ0v) is 17.8. The van der Waals surface area contributed by atoms with Crippen LogP contribution in [0.4, 0.5) is 17.3 Å². The second-order valence-electron chi connectivity index (χ2n) is 7.53. The summed E-state index contributed by atoms with van der Waals surface area (Å²) in [6.07, 6.45) is 1.85. The maximum atomic E-state index is 10.2. The van der Waals surface area contributed by atoms with E-state index in [1.54, 1.807) is 31.3 Å². The first kappa shape index (κ1) is 21.3. The number of nitrogens with two attached hydrogens (primary N) is 1. The maximum Gasteiger partial charge on any atom is 0.206 e.